The minimum Gasteiger partial charge on any atom is -0.497 e. The molecule has 0 spiro atoms. The van der Waals surface area contributed by atoms with Crippen molar-refractivity contribution in [1.29, 1.82) is 0 Å². The second-order valence-electron chi connectivity index (χ2n) is 7.21. The van der Waals surface area contributed by atoms with Crippen LogP contribution < -0.4 is 14.8 Å². The molecule has 2 rings (SSSR count). The number of rotatable bonds is 5. The van der Waals surface area contributed by atoms with Crippen molar-refractivity contribution in [1.82, 2.24) is 0 Å². The number of allylic oxidation sites excluding steroid dienone is 1. The highest BCUT2D eigenvalue weighted by molar-refractivity contribution is 6.04. The van der Waals surface area contributed by atoms with Gasteiger partial charge < -0.3 is 14.8 Å². The summed E-state index contributed by atoms with van der Waals surface area (Å²) in [6.07, 6.45) is 1.57. The maximum Gasteiger partial charge on any atom is 0.248 e. The number of hydrogen-bond acceptors (Lipinski definition) is 3. The van der Waals surface area contributed by atoms with E-state index in [1.54, 1.807) is 26.4 Å². The summed E-state index contributed by atoms with van der Waals surface area (Å²) in [6.45, 7) is 8.37. The SMILES string of the molecule is COc1ccc(/C(C)=C/C(=O)Nc2ccc(C(C)(C)C)cc2)c(OC)c1. The highest BCUT2D eigenvalue weighted by atomic mass is 16.5. The molecule has 0 saturated heterocycles. The first-order valence-electron chi connectivity index (χ1n) is 8.57. The second-order valence-corrected chi connectivity index (χ2v) is 7.21. The molecule has 0 radical (unpaired) electrons. The van der Waals surface area contributed by atoms with Crippen molar-refractivity contribution in [3.63, 3.8) is 0 Å². The summed E-state index contributed by atoms with van der Waals surface area (Å²) in [5.74, 6) is 1.20. The number of methoxy groups -OCH3 is 2. The Morgan fingerprint density at radius 1 is 1.00 bits per heavy atom. The molecule has 138 valence electrons. The van der Waals surface area contributed by atoms with Gasteiger partial charge in [-0.25, -0.2) is 0 Å². The summed E-state index contributed by atoms with van der Waals surface area (Å²) in [7, 11) is 3.21. The van der Waals surface area contributed by atoms with Crippen LogP contribution in [0.5, 0.6) is 11.5 Å². The minimum absolute atomic E-state index is 0.0873. The van der Waals surface area contributed by atoms with Crippen molar-refractivity contribution < 1.29 is 14.3 Å². The van der Waals surface area contributed by atoms with Crippen LogP contribution in [0.1, 0.15) is 38.8 Å². The van der Waals surface area contributed by atoms with Gasteiger partial charge in [0.1, 0.15) is 11.5 Å². The van der Waals surface area contributed by atoms with Gasteiger partial charge in [-0.3, -0.25) is 4.79 Å². The second kappa shape index (κ2) is 8.09. The zero-order valence-corrected chi connectivity index (χ0v) is 16.3. The molecule has 0 aliphatic carbocycles. The monoisotopic (exact) mass is 353 g/mol. The fourth-order valence-electron chi connectivity index (χ4n) is 2.63. The van der Waals surface area contributed by atoms with Crippen LogP contribution in [0.15, 0.2) is 48.5 Å². The number of amides is 1. The maximum atomic E-state index is 12.3. The Morgan fingerprint density at radius 3 is 2.19 bits per heavy atom. The van der Waals surface area contributed by atoms with Gasteiger partial charge in [0, 0.05) is 23.4 Å². The third-order valence-electron chi connectivity index (χ3n) is 4.20. The zero-order chi connectivity index (χ0) is 19.3. The predicted molar refractivity (Wildman–Crippen MR) is 107 cm³/mol. The molecule has 0 atom stereocenters. The normalized spacial score (nSPS) is 11.8. The van der Waals surface area contributed by atoms with Crippen LogP contribution in [0.4, 0.5) is 5.69 Å². The summed E-state index contributed by atoms with van der Waals surface area (Å²) in [5.41, 5.74) is 3.75. The van der Waals surface area contributed by atoms with Crippen molar-refractivity contribution >= 4 is 17.2 Å². The molecule has 2 aromatic carbocycles. The number of nitrogens with one attached hydrogen (secondary N) is 1. The van der Waals surface area contributed by atoms with Crippen molar-refractivity contribution in [2.75, 3.05) is 19.5 Å². The molecule has 4 nitrogen and oxygen atoms in total. The van der Waals surface area contributed by atoms with E-state index < -0.39 is 0 Å². The lowest BCUT2D eigenvalue weighted by atomic mass is 9.87. The number of carbonyl (C=O) groups is 1. The van der Waals surface area contributed by atoms with Gasteiger partial charge in [-0.2, -0.15) is 0 Å². The molecule has 4 heteroatoms. The Morgan fingerprint density at radius 2 is 1.65 bits per heavy atom. The Bertz CT molecular complexity index is 799. The Labute approximate surface area is 155 Å². The van der Waals surface area contributed by atoms with Gasteiger partial charge in [0.05, 0.1) is 14.2 Å². The largest absolute Gasteiger partial charge is 0.497 e. The maximum absolute atomic E-state index is 12.3. The van der Waals surface area contributed by atoms with E-state index in [1.165, 1.54) is 5.56 Å². The quantitative estimate of drug-likeness (QED) is 0.766. The van der Waals surface area contributed by atoms with Crippen LogP contribution in [0, 0.1) is 0 Å². The lowest BCUT2D eigenvalue weighted by molar-refractivity contribution is -0.111. The van der Waals surface area contributed by atoms with Gasteiger partial charge >= 0.3 is 0 Å². The minimum atomic E-state index is -0.177. The number of carbonyl (C=O) groups excluding carboxylic acids is 1. The fourth-order valence-corrected chi connectivity index (χ4v) is 2.63. The lowest BCUT2D eigenvalue weighted by Gasteiger charge is -2.19. The molecule has 0 aliphatic rings. The van der Waals surface area contributed by atoms with E-state index in [-0.39, 0.29) is 11.3 Å². The average Bonchev–Trinajstić information content (AvgIpc) is 2.60. The van der Waals surface area contributed by atoms with Crippen molar-refractivity contribution in [2.45, 2.75) is 33.1 Å². The molecule has 1 N–H and O–H groups in total. The summed E-state index contributed by atoms with van der Waals surface area (Å²) < 4.78 is 10.6. The van der Waals surface area contributed by atoms with E-state index in [0.29, 0.717) is 11.5 Å². The van der Waals surface area contributed by atoms with Crippen molar-refractivity contribution in [3.05, 3.63) is 59.7 Å². The van der Waals surface area contributed by atoms with Gasteiger partial charge in [0.2, 0.25) is 5.91 Å². The average molecular weight is 353 g/mol. The molecule has 26 heavy (non-hydrogen) atoms. The molecule has 1 amide bonds. The van der Waals surface area contributed by atoms with Crippen LogP contribution >= 0.6 is 0 Å². The van der Waals surface area contributed by atoms with Crippen molar-refractivity contribution in [2.24, 2.45) is 0 Å². The topological polar surface area (TPSA) is 47.6 Å². The zero-order valence-electron chi connectivity index (χ0n) is 16.3. The molecular weight excluding hydrogens is 326 g/mol. The number of anilines is 1. The summed E-state index contributed by atoms with van der Waals surface area (Å²) >= 11 is 0. The van der Waals surface area contributed by atoms with E-state index in [1.807, 2.05) is 43.3 Å². The molecule has 0 bridgehead atoms. The Balaban J connectivity index is 2.15. The van der Waals surface area contributed by atoms with Gasteiger partial charge in [-0.15, -0.1) is 0 Å². The van der Waals surface area contributed by atoms with Crippen LogP contribution in [0.3, 0.4) is 0 Å². The number of hydrogen-bond donors (Lipinski definition) is 1. The standard InChI is InChI=1S/C22H27NO3/c1-15(19-12-11-18(25-5)14-20(19)26-6)13-21(24)23-17-9-7-16(8-10-17)22(2,3)4/h7-14H,1-6H3,(H,23,24)/b15-13+. The molecule has 0 fully saturated rings. The Kier molecular flexibility index (Phi) is 6.09. The van der Waals surface area contributed by atoms with E-state index in [9.17, 15) is 4.79 Å². The van der Waals surface area contributed by atoms with Crippen molar-refractivity contribution in [3.8, 4) is 11.5 Å². The van der Waals surface area contributed by atoms with Gasteiger partial charge in [-0.1, -0.05) is 32.9 Å². The third kappa shape index (κ3) is 4.88. The lowest BCUT2D eigenvalue weighted by Crippen LogP contribution is -2.12. The predicted octanol–water partition coefficient (Wildman–Crippen LogP) is 5.04. The summed E-state index contributed by atoms with van der Waals surface area (Å²) in [6, 6.07) is 13.5. The van der Waals surface area contributed by atoms with Gasteiger partial charge in [0.15, 0.2) is 0 Å². The smallest absolute Gasteiger partial charge is 0.248 e. The molecule has 0 aromatic heterocycles. The molecule has 0 aliphatic heterocycles. The van der Waals surface area contributed by atoms with Gasteiger partial charge in [-0.05, 0) is 47.7 Å². The van der Waals surface area contributed by atoms with E-state index in [0.717, 1.165) is 16.8 Å². The van der Waals surface area contributed by atoms with E-state index in [4.69, 9.17) is 9.47 Å². The van der Waals surface area contributed by atoms with Crippen LogP contribution in [0.2, 0.25) is 0 Å². The van der Waals surface area contributed by atoms with Crippen LogP contribution in [-0.2, 0) is 10.2 Å². The molecular formula is C22H27NO3. The molecule has 0 saturated carbocycles. The summed E-state index contributed by atoms with van der Waals surface area (Å²) in [5, 5.41) is 2.90. The third-order valence-corrected chi connectivity index (χ3v) is 4.20. The van der Waals surface area contributed by atoms with Crippen LogP contribution in [-0.4, -0.2) is 20.1 Å². The number of benzene rings is 2. The highest BCUT2D eigenvalue weighted by Crippen LogP contribution is 2.30. The summed E-state index contributed by atoms with van der Waals surface area (Å²) in [4.78, 5) is 12.3. The number of ether oxygens (including phenoxy) is 2. The van der Waals surface area contributed by atoms with Gasteiger partial charge in [0.25, 0.3) is 0 Å². The highest BCUT2D eigenvalue weighted by Gasteiger charge is 2.13. The Hall–Kier alpha value is -2.75. The van der Waals surface area contributed by atoms with E-state index in [2.05, 4.69) is 26.1 Å². The molecule has 0 unspecified atom stereocenters. The first-order valence-corrected chi connectivity index (χ1v) is 8.57. The molecule has 0 heterocycles. The van der Waals surface area contributed by atoms with E-state index >= 15 is 0 Å². The first-order chi connectivity index (χ1) is 12.2. The van der Waals surface area contributed by atoms with Crippen LogP contribution in [0.25, 0.3) is 5.57 Å². The molecule has 2 aromatic rings. The first kappa shape index (κ1) is 19.6. The fraction of sp³-hybridized carbons (Fsp3) is 0.318.